The lowest BCUT2D eigenvalue weighted by Crippen LogP contribution is -2.36. The van der Waals surface area contributed by atoms with E-state index in [1.54, 1.807) is 0 Å². The van der Waals surface area contributed by atoms with E-state index in [0.29, 0.717) is 11.8 Å². The third-order valence-corrected chi connectivity index (χ3v) is 7.39. The minimum Gasteiger partial charge on any atom is -0.396 e. The van der Waals surface area contributed by atoms with Crippen LogP contribution in [0.25, 0.3) is 11.3 Å². The molecule has 1 aromatic heterocycles. The maximum Gasteiger partial charge on any atom is 0.0968 e. The van der Waals surface area contributed by atoms with E-state index in [0.717, 1.165) is 45.0 Å². The number of aliphatic hydroxyl groups is 1. The molecule has 2 aliphatic heterocycles. The molecule has 2 aromatic rings. The Hall–Kier alpha value is -1.73. The number of rotatable bonds is 6. The first-order valence-corrected chi connectivity index (χ1v) is 12.6. The predicted molar refractivity (Wildman–Crippen MR) is 135 cm³/mol. The fourth-order valence-corrected chi connectivity index (χ4v) is 5.26. The van der Waals surface area contributed by atoms with Crippen molar-refractivity contribution in [1.29, 1.82) is 0 Å². The van der Waals surface area contributed by atoms with Gasteiger partial charge < -0.3 is 14.9 Å². The van der Waals surface area contributed by atoms with E-state index in [9.17, 15) is 5.11 Å². The molecule has 0 aliphatic carbocycles. The summed E-state index contributed by atoms with van der Waals surface area (Å²) in [4.78, 5) is 7.59. The Morgan fingerprint density at radius 1 is 0.970 bits per heavy atom. The summed E-state index contributed by atoms with van der Waals surface area (Å²) in [7, 11) is 2.22. The molecule has 4 rings (SSSR count). The van der Waals surface area contributed by atoms with Crippen LogP contribution in [-0.4, -0.2) is 89.1 Å². The lowest BCUT2D eigenvalue weighted by Gasteiger charge is -2.26. The molecule has 0 radical (unpaired) electrons. The van der Waals surface area contributed by atoms with E-state index in [4.69, 9.17) is 5.10 Å². The molecule has 1 aromatic carbocycles. The van der Waals surface area contributed by atoms with Gasteiger partial charge in [0.25, 0.3) is 0 Å². The van der Waals surface area contributed by atoms with Crippen LogP contribution in [-0.2, 0) is 12.1 Å². The molecule has 182 valence electrons. The normalized spacial score (nSPS) is 23.8. The molecule has 2 atom stereocenters. The number of aromatic nitrogens is 2. The van der Waals surface area contributed by atoms with Crippen molar-refractivity contribution < 1.29 is 5.11 Å². The van der Waals surface area contributed by atoms with Crippen LogP contribution in [0.5, 0.6) is 0 Å². The number of likely N-dealkylation sites (tertiary alicyclic amines) is 1. The Labute approximate surface area is 200 Å². The number of aryl methyl sites for hydroxylation is 1. The highest BCUT2D eigenvalue weighted by molar-refractivity contribution is 5.63. The number of benzene rings is 1. The molecule has 6 heteroatoms. The van der Waals surface area contributed by atoms with Gasteiger partial charge in [-0.2, -0.15) is 5.10 Å². The molecule has 1 N–H and O–H groups in total. The third kappa shape index (κ3) is 6.04. The SMILES string of the molecule is Cc1ccc(-c2nn(C(C)(C)C)cc2CN2CC(CO)C(CN3CCCN(C)CC3)C2)cc1. The fourth-order valence-electron chi connectivity index (χ4n) is 5.26. The van der Waals surface area contributed by atoms with E-state index in [1.807, 2.05) is 0 Å². The second kappa shape index (κ2) is 10.3. The van der Waals surface area contributed by atoms with Crippen molar-refractivity contribution in [3.63, 3.8) is 0 Å². The minimum absolute atomic E-state index is 0.0567. The molecule has 0 bridgehead atoms. The van der Waals surface area contributed by atoms with Crippen LogP contribution in [0.4, 0.5) is 0 Å². The second-order valence-corrected chi connectivity index (χ2v) is 11.3. The Kier molecular flexibility index (Phi) is 7.59. The van der Waals surface area contributed by atoms with Crippen LogP contribution < -0.4 is 0 Å². The maximum absolute atomic E-state index is 10.1. The third-order valence-electron chi connectivity index (χ3n) is 7.39. The summed E-state index contributed by atoms with van der Waals surface area (Å²) >= 11 is 0. The highest BCUT2D eigenvalue weighted by Gasteiger charge is 2.34. The summed E-state index contributed by atoms with van der Waals surface area (Å²) < 4.78 is 2.11. The number of likely N-dealkylation sites (N-methyl/N-ethyl adjacent to an activating group) is 1. The van der Waals surface area contributed by atoms with Gasteiger partial charge in [-0.3, -0.25) is 9.58 Å². The van der Waals surface area contributed by atoms with Gasteiger partial charge >= 0.3 is 0 Å². The molecule has 2 fully saturated rings. The molecule has 2 unspecified atom stereocenters. The zero-order valence-electron chi connectivity index (χ0n) is 21.3. The molecular weight excluding hydrogens is 410 g/mol. The molecular formula is C27H43N5O. The van der Waals surface area contributed by atoms with Gasteiger partial charge in [-0.05, 0) is 66.1 Å². The summed E-state index contributed by atoms with van der Waals surface area (Å²) in [6.07, 6.45) is 3.48. The van der Waals surface area contributed by atoms with Crippen molar-refractivity contribution in [3.05, 3.63) is 41.6 Å². The van der Waals surface area contributed by atoms with Gasteiger partial charge in [-0.15, -0.1) is 0 Å². The molecule has 0 amide bonds. The molecule has 2 aliphatic rings. The Balaban J connectivity index is 1.50. The van der Waals surface area contributed by atoms with Crippen LogP contribution in [0.2, 0.25) is 0 Å². The summed E-state index contributed by atoms with van der Waals surface area (Å²) in [5.74, 6) is 0.880. The molecule has 3 heterocycles. The summed E-state index contributed by atoms with van der Waals surface area (Å²) in [5.41, 5.74) is 4.76. The largest absolute Gasteiger partial charge is 0.396 e. The van der Waals surface area contributed by atoms with Crippen LogP contribution >= 0.6 is 0 Å². The molecule has 0 spiro atoms. The number of nitrogens with zero attached hydrogens (tertiary/aromatic N) is 5. The number of hydrogen-bond donors (Lipinski definition) is 1. The van der Waals surface area contributed by atoms with Crippen molar-refractivity contribution in [2.75, 3.05) is 59.5 Å². The van der Waals surface area contributed by atoms with Crippen LogP contribution in [0.3, 0.4) is 0 Å². The number of aliphatic hydroxyl groups excluding tert-OH is 1. The first-order chi connectivity index (χ1) is 15.7. The maximum atomic E-state index is 10.1. The van der Waals surface area contributed by atoms with Gasteiger partial charge in [0.2, 0.25) is 0 Å². The van der Waals surface area contributed by atoms with E-state index in [1.165, 1.54) is 36.2 Å². The minimum atomic E-state index is -0.0567. The van der Waals surface area contributed by atoms with Crippen LogP contribution in [0.15, 0.2) is 30.5 Å². The fraction of sp³-hybridized carbons (Fsp3) is 0.667. The second-order valence-electron chi connectivity index (χ2n) is 11.3. The van der Waals surface area contributed by atoms with Crippen molar-refractivity contribution in [2.45, 2.75) is 46.2 Å². The van der Waals surface area contributed by atoms with E-state index in [-0.39, 0.29) is 12.1 Å². The van der Waals surface area contributed by atoms with Crippen LogP contribution in [0, 0.1) is 18.8 Å². The average Bonchev–Trinajstić information content (AvgIpc) is 3.30. The summed E-state index contributed by atoms with van der Waals surface area (Å²) in [6.45, 7) is 17.7. The van der Waals surface area contributed by atoms with Gasteiger partial charge in [0.05, 0.1) is 11.2 Å². The van der Waals surface area contributed by atoms with Crippen molar-refractivity contribution in [3.8, 4) is 11.3 Å². The van der Waals surface area contributed by atoms with Gasteiger partial charge in [0.1, 0.15) is 0 Å². The van der Waals surface area contributed by atoms with Crippen molar-refractivity contribution in [1.82, 2.24) is 24.5 Å². The Morgan fingerprint density at radius 3 is 2.39 bits per heavy atom. The Bertz CT molecular complexity index is 900. The summed E-state index contributed by atoms with van der Waals surface area (Å²) in [5, 5.41) is 15.2. The zero-order valence-corrected chi connectivity index (χ0v) is 21.3. The number of hydrogen-bond acceptors (Lipinski definition) is 5. The molecule has 6 nitrogen and oxygen atoms in total. The summed E-state index contributed by atoms with van der Waals surface area (Å²) in [6, 6.07) is 8.71. The van der Waals surface area contributed by atoms with Gasteiger partial charge in [0, 0.05) is 63.2 Å². The smallest absolute Gasteiger partial charge is 0.0968 e. The van der Waals surface area contributed by atoms with Crippen molar-refractivity contribution >= 4 is 0 Å². The highest BCUT2D eigenvalue weighted by atomic mass is 16.3. The molecule has 2 saturated heterocycles. The van der Waals surface area contributed by atoms with E-state index >= 15 is 0 Å². The lowest BCUT2D eigenvalue weighted by molar-refractivity contribution is 0.165. The van der Waals surface area contributed by atoms with E-state index in [2.05, 4.69) is 84.6 Å². The van der Waals surface area contributed by atoms with Gasteiger partial charge in [-0.1, -0.05) is 29.8 Å². The topological polar surface area (TPSA) is 47.8 Å². The predicted octanol–water partition coefficient (Wildman–Crippen LogP) is 3.29. The molecule has 0 saturated carbocycles. The molecule has 33 heavy (non-hydrogen) atoms. The van der Waals surface area contributed by atoms with Gasteiger partial charge in [0.15, 0.2) is 0 Å². The van der Waals surface area contributed by atoms with E-state index < -0.39 is 0 Å². The quantitative estimate of drug-likeness (QED) is 0.727. The highest BCUT2D eigenvalue weighted by Crippen LogP contribution is 2.30. The van der Waals surface area contributed by atoms with Gasteiger partial charge in [-0.25, -0.2) is 0 Å². The van der Waals surface area contributed by atoms with Crippen LogP contribution in [0.1, 0.15) is 38.3 Å². The lowest BCUT2D eigenvalue weighted by atomic mass is 9.96. The Morgan fingerprint density at radius 2 is 1.70 bits per heavy atom. The first-order valence-electron chi connectivity index (χ1n) is 12.6. The zero-order chi connectivity index (χ0) is 23.6. The van der Waals surface area contributed by atoms with Crippen molar-refractivity contribution in [2.24, 2.45) is 11.8 Å². The monoisotopic (exact) mass is 453 g/mol. The standard InChI is InChI=1S/C27H43N5O/c1-21-7-9-22(10-8-21)26-24(19-32(28-26)27(2,3)4)17-31-16-23(25(18-31)20-33)15-30-12-6-11-29(5)13-14-30/h7-10,19,23,25,33H,6,11-18,20H2,1-5H3. The first kappa shape index (κ1) is 24.4. The average molecular weight is 454 g/mol.